The maximum absolute atomic E-state index is 13.5. The Kier molecular flexibility index (Phi) is 8.62. The second-order valence-corrected chi connectivity index (χ2v) is 19.8. The first-order valence-corrected chi connectivity index (χ1v) is 19.2. The maximum atomic E-state index is 13.5. The fourth-order valence-corrected chi connectivity index (χ4v) is 14.5. The molecule has 0 bridgehead atoms. The zero-order valence-corrected chi connectivity index (χ0v) is 31.4. The molecule has 0 amide bonds. The lowest BCUT2D eigenvalue weighted by molar-refractivity contribution is -0.332. The molecule has 1 saturated heterocycles. The van der Waals surface area contributed by atoms with Gasteiger partial charge in [0.05, 0.1) is 18.1 Å². The van der Waals surface area contributed by atoms with Gasteiger partial charge in [0.2, 0.25) is 0 Å². The minimum Gasteiger partial charge on any atom is -0.481 e. The summed E-state index contributed by atoms with van der Waals surface area (Å²) in [7, 11) is 1.70. The number of fused-ring (bicyclic) bond motifs is 4. The molecule has 7 aliphatic rings. The predicted octanol–water partition coefficient (Wildman–Crippen LogP) is 5.27. The average molecular weight is 703 g/mol. The molecule has 0 aromatic heterocycles. The summed E-state index contributed by atoms with van der Waals surface area (Å²) in [5.74, 6) is -0.735. The van der Waals surface area contributed by atoms with Crippen LogP contribution in [-0.4, -0.2) is 88.0 Å². The highest BCUT2D eigenvalue weighted by Crippen LogP contribution is 2.79. The van der Waals surface area contributed by atoms with Gasteiger partial charge in [-0.3, -0.25) is 4.79 Å². The number of aliphatic carboxylic acids is 2. The number of ether oxygens (including phenoxy) is 3. The van der Waals surface area contributed by atoms with Crippen molar-refractivity contribution in [2.45, 2.75) is 143 Å². The molecule has 10 nitrogen and oxygen atoms in total. The van der Waals surface area contributed by atoms with E-state index in [1.165, 1.54) is 5.57 Å². The summed E-state index contributed by atoms with van der Waals surface area (Å²) >= 11 is 0. The molecule has 1 aliphatic heterocycles. The van der Waals surface area contributed by atoms with Gasteiger partial charge in [0.15, 0.2) is 12.4 Å². The molecule has 16 atom stereocenters. The van der Waals surface area contributed by atoms with E-state index < -0.39 is 48.1 Å². The van der Waals surface area contributed by atoms with Gasteiger partial charge < -0.3 is 39.7 Å². The number of carbonyl (C=O) groups is 2. The Balaban J connectivity index is 1.25. The highest BCUT2D eigenvalue weighted by molar-refractivity contribution is 5.77. The van der Waals surface area contributed by atoms with E-state index in [-0.39, 0.29) is 50.9 Å². The molecule has 282 valence electrons. The van der Waals surface area contributed by atoms with Crippen LogP contribution in [0.1, 0.15) is 106 Å². The fraction of sp³-hybridized carbons (Fsp3) is 0.900. The predicted molar refractivity (Wildman–Crippen MR) is 184 cm³/mol. The molecule has 1 heterocycles. The summed E-state index contributed by atoms with van der Waals surface area (Å²) in [6.07, 6.45) is 2.19. The van der Waals surface area contributed by atoms with Gasteiger partial charge >= 0.3 is 11.9 Å². The van der Waals surface area contributed by atoms with Crippen molar-refractivity contribution < 1.29 is 49.3 Å². The minimum absolute atomic E-state index is 0.0125. The van der Waals surface area contributed by atoms with E-state index in [2.05, 4.69) is 54.5 Å². The topological polar surface area (TPSA) is 163 Å². The van der Waals surface area contributed by atoms with E-state index in [0.717, 1.165) is 51.4 Å². The van der Waals surface area contributed by atoms with Gasteiger partial charge in [0.25, 0.3) is 0 Å². The van der Waals surface area contributed by atoms with Gasteiger partial charge in [0, 0.05) is 7.11 Å². The lowest BCUT2D eigenvalue weighted by Crippen LogP contribution is -2.71. The molecule has 5 saturated carbocycles. The fourth-order valence-electron chi connectivity index (χ4n) is 14.5. The molecular formula is C40H62O10. The number of methoxy groups -OCH3 is 1. The van der Waals surface area contributed by atoms with Crippen molar-refractivity contribution in [2.75, 3.05) is 13.7 Å². The normalized spacial score (nSPS) is 53.2. The zero-order chi connectivity index (χ0) is 36.6. The van der Waals surface area contributed by atoms with Crippen LogP contribution in [0.25, 0.3) is 0 Å². The van der Waals surface area contributed by atoms with Crippen LogP contribution >= 0.6 is 0 Å². The molecule has 5 N–H and O–H groups in total. The molecule has 0 unspecified atom stereocenters. The Morgan fingerprint density at radius 2 is 1.60 bits per heavy atom. The Labute approximate surface area is 297 Å². The van der Waals surface area contributed by atoms with Crippen LogP contribution in [0.2, 0.25) is 0 Å². The van der Waals surface area contributed by atoms with E-state index in [1.54, 1.807) is 7.11 Å². The molecule has 6 fully saturated rings. The summed E-state index contributed by atoms with van der Waals surface area (Å²) in [5.41, 5.74) is 0.106. The maximum Gasteiger partial charge on any atom is 0.335 e. The van der Waals surface area contributed by atoms with Crippen molar-refractivity contribution in [3.8, 4) is 0 Å². The summed E-state index contributed by atoms with van der Waals surface area (Å²) in [5, 5.41) is 52.4. The number of carboxylic acids is 2. The molecule has 6 aliphatic carbocycles. The highest BCUT2D eigenvalue weighted by Gasteiger charge is 2.74. The first kappa shape index (κ1) is 36.8. The molecular weight excluding hydrogens is 640 g/mol. The summed E-state index contributed by atoms with van der Waals surface area (Å²) in [4.78, 5) is 25.4. The third-order valence-corrected chi connectivity index (χ3v) is 16.9. The van der Waals surface area contributed by atoms with E-state index in [9.17, 15) is 35.1 Å². The van der Waals surface area contributed by atoms with Crippen molar-refractivity contribution in [2.24, 2.45) is 68.0 Å². The minimum atomic E-state index is -1.76. The smallest absolute Gasteiger partial charge is 0.335 e. The molecule has 0 radical (unpaired) electrons. The second-order valence-electron chi connectivity index (χ2n) is 19.8. The number of aliphatic hydroxyl groups excluding tert-OH is 3. The summed E-state index contributed by atoms with van der Waals surface area (Å²) in [6.45, 7) is 17.1. The van der Waals surface area contributed by atoms with Gasteiger partial charge in [-0.05, 0) is 120 Å². The molecule has 10 heteroatoms. The van der Waals surface area contributed by atoms with Gasteiger partial charge in [-0.2, -0.15) is 0 Å². The van der Waals surface area contributed by atoms with Gasteiger partial charge in [-0.15, -0.1) is 0 Å². The van der Waals surface area contributed by atoms with Gasteiger partial charge in [-0.1, -0.05) is 60.1 Å². The Bertz CT molecular complexity index is 1420. The number of hydrogen-bond acceptors (Lipinski definition) is 8. The van der Waals surface area contributed by atoms with Crippen LogP contribution in [0.5, 0.6) is 0 Å². The monoisotopic (exact) mass is 702 g/mol. The number of rotatable bonds is 6. The summed E-state index contributed by atoms with van der Waals surface area (Å²) < 4.78 is 17.9. The van der Waals surface area contributed by atoms with Crippen molar-refractivity contribution in [3.05, 3.63) is 11.6 Å². The van der Waals surface area contributed by atoms with Crippen LogP contribution < -0.4 is 0 Å². The van der Waals surface area contributed by atoms with Crippen LogP contribution in [0.4, 0.5) is 0 Å². The molecule has 0 aromatic rings. The Morgan fingerprint density at radius 3 is 2.24 bits per heavy atom. The first-order valence-electron chi connectivity index (χ1n) is 19.2. The van der Waals surface area contributed by atoms with Crippen molar-refractivity contribution in [3.63, 3.8) is 0 Å². The molecule has 0 aromatic carbocycles. The molecule has 50 heavy (non-hydrogen) atoms. The van der Waals surface area contributed by atoms with E-state index in [1.807, 2.05) is 0 Å². The van der Waals surface area contributed by atoms with Gasteiger partial charge in [-0.25, -0.2) is 4.79 Å². The highest BCUT2D eigenvalue weighted by atomic mass is 16.7. The first-order chi connectivity index (χ1) is 23.2. The van der Waals surface area contributed by atoms with Crippen molar-refractivity contribution >= 4 is 11.9 Å². The zero-order valence-electron chi connectivity index (χ0n) is 31.4. The lowest BCUT2D eigenvalue weighted by atomic mass is 9.29. The quantitative estimate of drug-likeness (QED) is 0.182. The average Bonchev–Trinajstić information content (AvgIpc) is 3.01. The Hall–Kier alpha value is -1.56. The Morgan fingerprint density at radius 1 is 0.900 bits per heavy atom. The standard InChI is InChI=1S/C40H62O10/c1-35(2)17-22(19-48-8)40(34(46)47)14-13-37(5)23(24(40)18-35)15-20-9-10-21-16-26(49-33-29(43)27(41)28(42)30(50-33)32(44)45)36(3,4)25-11-12-38(37,6)31(20)39(21,25)7/h15,20-22,24-31,33,41-43H,9-14,16-19H2,1-8H3,(H,44,45)(H,46,47)/t20-,21-,22+,24-,25-,26-,27-,28-,29+,30-,31-,33+,37+,38+,39-,40+/m0/s1. The molecule has 0 spiro atoms. The third kappa shape index (κ3) is 4.73. The van der Waals surface area contributed by atoms with Crippen LogP contribution in [-0.2, 0) is 23.8 Å². The van der Waals surface area contributed by atoms with Crippen LogP contribution in [0, 0.1) is 68.0 Å². The largest absolute Gasteiger partial charge is 0.481 e. The third-order valence-electron chi connectivity index (χ3n) is 16.9. The van der Waals surface area contributed by atoms with Gasteiger partial charge in [0.1, 0.15) is 18.3 Å². The van der Waals surface area contributed by atoms with Crippen LogP contribution in [0.15, 0.2) is 11.6 Å². The SMILES string of the molecule is COC[C@H]1CC(C)(C)C[C@H]2C3=C[C@@H]4CC[C@H]5C[C@H](O[C@@H]6O[C@H](C(=O)O)[C@@H](O)[C@H](O)[C@H]6O)C(C)(C)[C@@H]6CC[C@](C)([C@H]4[C@@]56C)[C@]3(C)CC[C@@]12C(=O)O. The van der Waals surface area contributed by atoms with E-state index >= 15 is 0 Å². The van der Waals surface area contributed by atoms with Crippen LogP contribution in [0.3, 0.4) is 0 Å². The number of hydrogen-bond donors (Lipinski definition) is 5. The number of allylic oxidation sites excluding steroid dienone is 2. The number of aliphatic hydroxyl groups is 3. The van der Waals surface area contributed by atoms with E-state index in [4.69, 9.17) is 14.2 Å². The van der Waals surface area contributed by atoms with Crippen molar-refractivity contribution in [1.82, 2.24) is 0 Å². The van der Waals surface area contributed by atoms with Crippen molar-refractivity contribution in [1.29, 1.82) is 0 Å². The summed E-state index contributed by atoms with van der Waals surface area (Å²) in [6, 6.07) is 0. The second kappa shape index (κ2) is 11.7. The molecule has 7 rings (SSSR count). The number of carboxylic acid groups (broad SMARTS) is 2. The van der Waals surface area contributed by atoms with E-state index in [0.29, 0.717) is 30.8 Å². The lowest BCUT2D eigenvalue weighted by Gasteiger charge is -2.75.